The predicted octanol–water partition coefficient (Wildman–Crippen LogP) is 3.12. The van der Waals surface area contributed by atoms with Gasteiger partial charge in [-0.05, 0) is 29.3 Å². The topological polar surface area (TPSA) is 54.4 Å². The zero-order valence-corrected chi connectivity index (χ0v) is 10.2. The molecule has 0 aliphatic heterocycles. The first kappa shape index (κ1) is 12.4. The van der Waals surface area contributed by atoms with Crippen molar-refractivity contribution in [3.8, 4) is 11.1 Å². The summed E-state index contributed by atoms with van der Waals surface area (Å²) in [6.45, 7) is 0. The third-order valence-electron chi connectivity index (χ3n) is 2.58. The highest BCUT2D eigenvalue weighted by Crippen LogP contribution is 2.26. The van der Waals surface area contributed by atoms with Gasteiger partial charge in [-0.25, -0.2) is 4.79 Å². The van der Waals surface area contributed by atoms with Crippen LogP contribution in [0.3, 0.4) is 0 Å². The molecule has 2 aromatic rings. The quantitative estimate of drug-likeness (QED) is 0.832. The Bertz CT molecular complexity index is 606. The van der Waals surface area contributed by atoms with Gasteiger partial charge in [0.15, 0.2) is 0 Å². The van der Waals surface area contributed by atoms with Gasteiger partial charge >= 0.3 is 5.97 Å². The maximum absolute atomic E-state index is 11.4. The first-order valence-corrected chi connectivity index (χ1v) is 5.70. The Kier molecular flexibility index (Phi) is 3.48. The molecule has 0 bridgehead atoms. The predicted molar refractivity (Wildman–Crippen MR) is 72.2 cm³/mol. The van der Waals surface area contributed by atoms with E-state index in [0.717, 1.165) is 5.56 Å². The van der Waals surface area contributed by atoms with E-state index in [1.165, 1.54) is 18.2 Å². The smallest absolute Gasteiger partial charge is 0.335 e. The van der Waals surface area contributed by atoms with Crippen LogP contribution in [0.15, 0.2) is 48.5 Å². The molecule has 0 unspecified atom stereocenters. The molecule has 0 spiro atoms. The number of benzene rings is 2. The second-order valence-corrected chi connectivity index (χ2v) is 4.14. The molecule has 0 atom stereocenters. The van der Waals surface area contributed by atoms with E-state index < -0.39 is 5.97 Å². The summed E-state index contributed by atoms with van der Waals surface area (Å²) in [6, 6.07) is 13.5. The minimum absolute atomic E-state index is 0.146. The van der Waals surface area contributed by atoms with E-state index in [4.69, 9.17) is 5.11 Å². The Labute approximate surface area is 109 Å². The third kappa shape index (κ3) is 2.43. The van der Waals surface area contributed by atoms with E-state index in [2.05, 4.69) is 12.6 Å². The number of aromatic carboxylic acids is 1. The molecule has 0 saturated carbocycles. The monoisotopic (exact) mass is 258 g/mol. The van der Waals surface area contributed by atoms with Crippen LogP contribution in [-0.4, -0.2) is 16.2 Å². The average molecular weight is 258 g/mol. The molecule has 0 aromatic heterocycles. The summed E-state index contributed by atoms with van der Waals surface area (Å²) in [6.07, 6.45) is 0. The standard InChI is InChI=1S/C14H10O3S/c15-13(16)10-6-7-11(14(17)18)12(8-10)9-4-2-1-3-5-9/h1-8H,(H,15,16)(H,17,18). The number of carbonyl (C=O) groups is 2. The van der Waals surface area contributed by atoms with E-state index >= 15 is 0 Å². The van der Waals surface area contributed by atoms with Crippen molar-refractivity contribution >= 4 is 23.7 Å². The fraction of sp³-hybridized carbons (Fsp3) is 0. The van der Waals surface area contributed by atoms with Gasteiger partial charge in [0.2, 0.25) is 5.12 Å². The maximum atomic E-state index is 11.4. The number of hydrogen-bond acceptors (Lipinski definition) is 2. The zero-order valence-electron chi connectivity index (χ0n) is 9.33. The summed E-state index contributed by atoms with van der Waals surface area (Å²) in [5, 5.41) is 8.60. The lowest BCUT2D eigenvalue weighted by Gasteiger charge is -2.08. The molecular weight excluding hydrogens is 248 g/mol. The van der Waals surface area contributed by atoms with Crippen molar-refractivity contribution in [2.24, 2.45) is 0 Å². The fourth-order valence-electron chi connectivity index (χ4n) is 1.72. The second-order valence-electron chi connectivity index (χ2n) is 3.74. The molecule has 0 fully saturated rings. The molecule has 90 valence electrons. The minimum Gasteiger partial charge on any atom is -0.478 e. The molecule has 2 aromatic carbocycles. The molecule has 0 aliphatic rings. The Morgan fingerprint density at radius 2 is 1.67 bits per heavy atom. The second kappa shape index (κ2) is 5.06. The lowest BCUT2D eigenvalue weighted by atomic mass is 9.98. The molecule has 4 heteroatoms. The summed E-state index contributed by atoms with van der Waals surface area (Å²) < 4.78 is 0. The molecular formula is C14H10O3S. The highest BCUT2D eigenvalue weighted by Gasteiger charge is 2.13. The summed E-state index contributed by atoms with van der Waals surface area (Å²) in [5.41, 5.74) is 1.91. The lowest BCUT2D eigenvalue weighted by molar-refractivity contribution is 0.0696. The first-order chi connectivity index (χ1) is 8.59. The van der Waals surface area contributed by atoms with E-state index in [1.807, 2.05) is 30.3 Å². The molecule has 0 amide bonds. The van der Waals surface area contributed by atoms with Gasteiger partial charge in [-0.2, -0.15) is 0 Å². The van der Waals surface area contributed by atoms with Crippen molar-refractivity contribution in [1.29, 1.82) is 0 Å². The highest BCUT2D eigenvalue weighted by molar-refractivity contribution is 7.97. The highest BCUT2D eigenvalue weighted by atomic mass is 32.1. The van der Waals surface area contributed by atoms with E-state index in [1.54, 1.807) is 0 Å². The van der Waals surface area contributed by atoms with Crippen molar-refractivity contribution in [2.45, 2.75) is 0 Å². The van der Waals surface area contributed by atoms with Gasteiger partial charge in [0.05, 0.1) is 5.56 Å². The molecule has 0 heterocycles. The van der Waals surface area contributed by atoms with Crippen molar-refractivity contribution in [1.82, 2.24) is 0 Å². The van der Waals surface area contributed by atoms with Crippen LogP contribution >= 0.6 is 12.6 Å². The van der Waals surface area contributed by atoms with Gasteiger partial charge in [0.25, 0.3) is 0 Å². The van der Waals surface area contributed by atoms with Gasteiger partial charge in [-0.15, -0.1) is 12.6 Å². The van der Waals surface area contributed by atoms with Gasteiger partial charge in [0.1, 0.15) is 0 Å². The van der Waals surface area contributed by atoms with Gasteiger partial charge in [-0.1, -0.05) is 30.3 Å². The van der Waals surface area contributed by atoms with Crippen molar-refractivity contribution in [3.63, 3.8) is 0 Å². The molecule has 0 radical (unpaired) electrons. The van der Waals surface area contributed by atoms with Crippen molar-refractivity contribution < 1.29 is 14.7 Å². The molecule has 2 rings (SSSR count). The maximum Gasteiger partial charge on any atom is 0.335 e. The molecule has 18 heavy (non-hydrogen) atoms. The summed E-state index contributed by atoms with van der Waals surface area (Å²) in [4.78, 5) is 22.4. The Morgan fingerprint density at radius 1 is 1.00 bits per heavy atom. The van der Waals surface area contributed by atoms with Crippen molar-refractivity contribution in [3.05, 3.63) is 59.7 Å². The fourth-order valence-corrected chi connectivity index (χ4v) is 1.92. The Hall–Kier alpha value is -2.07. The Balaban J connectivity index is 2.65. The van der Waals surface area contributed by atoms with Crippen LogP contribution < -0.4 is 0 Å². The largest absolute Gasteiger partial charge is 0.478 e. The van der Waals surface area contributed by atoms with Gasteiger partial charge in [-0.3, -0.25) is 4.79 Å². The molecule has 0 saturated heterocycles. The number of rotatable bonds is 3. The van der Waals surface area contributed by atoms with Crippen LogP contribution in [-0.2, 0) is 0 Å². The zero-order chi connectivity index (χ0) is 13.1. The number of carboxylic acids is 1. The molecule has 1 N–H and O–H groups in total. The van der Waals surface area contributed by atoms with Crippen LogP contribution in [0.25, 0.3) is 11.1 Å². The van der Waals surface area contributed by atoms with Crippen molar-refractivity contribution in [2.75, 3.05) is 0 Å². The van der Waals surface area contributed by atoms with Crippen LogP contribution in [0, 0.1) is 0 Å². The third-order valence-corrected chi connectivity index (χ3v) is 2.82. The number of thiol groups is 1. The first-order valence-electron chi connectivity index (χ1n) is 5.25. The normalized spacial score (nSPS) is 10.1. The lowest BCUT2D eigenvalue weighted by Crippen LogP contribution is -2.00. The van der Waals surface area contributed by atoms with Crippen LogP contribution in [0.1, 0.15) is 20.7 Å². The number of carbonyl (C=O) groups excluding carboxylic acids is 1. The van der Waals surface area contributed by atoms with Gasteiger partial charge < -0.3 is 5.11 Å². The van der Waals surface area contributed by atoms with E-state index in [9.17, 15) is 9.59 Å². The summed E-state index contributed by atoms with van der Waals surface area (Å²) in [5.74, 6) is -1.02. The average Bonchev–Trinajstić information content (AvgIpc) is 2.39. The summed E-state index contributed by atoms with van der Waals surface area (Å²) >= 11 is 3.81. The van der Waals surface area contributed by atoms with Crippen LogP contribution in [0.2, 0.25) is 0 Å². The molecule has 3 nitrogen and oxygen atoms in total. The molecule has 0 aliphatic carbocycles. The van der Waals surface area contributed by atoms with Crippen LogP contribution in [0.5, 0.6) is 0 Å². The minimum atomic E-state index is -1.02. The van der Waals surface area contributed by atoms with E-state index in [-0.39, 0.29) is 10.7 Å². The van der Waals surface area contributed by atoms with Gasteiger partial charge in [0, 0.05) is 5.56 Å². The van der Waals surface area contributed by atoms with E-state index in [0.29, 0.717) is 11.1 Å². The Morgan fingerprint density at radius 3 is 2.22 bits per heavy atom. The number of hydrogen-bond donors (Lipinski definition) is 2. The SMILES string of the molecule is O=C(O)c1ccc(C(=O)S)c(-c2ccccc2)c1. The van der Waals surface area contributed by atoms with Crippen LogP contribution in [0.4, 0.5) is 0 Å². The summed E-state index contributed by atoms with van der Waals surface area (Å²) in [7, 11) is 0. The number of carboxylic acid groups (broad SMARTS) is 1.